The molecule has 2 aromatic carbocycles. The summed E-state index contributed by atoms with van der Waals surface area (Å²) in [6, 6.07) is 17.0. The fourth-order valence-electron chi connectivity index (χ4n) is 3.30. The van der Waals surface area contributed by atoms with Crippen LogP contribution < -0.4 is 5.56 Å². The predicted octanol–water partition coefficient (Wildman–Crippen LogP) is 4.29. The Morgan fingerprint density at radius 1 is 0.909 bits per heavy atom. The predicted molar refractivity (Wildman–Crippen MR) is 123 cm³/mol. The first-order valence-electron chi connectivity index (χ1n) is 10.4. The van der Waals surface area contributed by atoms with Crippen LogP contribution in [0.1, 0.15) is 37.1 Å². The maximum Gasteiger partial charge on any atom is 0.277 e. The quantitative estimate of drug-likeness (QED) is 0.328. The van der Waals surface area contributed by atoms with Crippen molar-refractivity contribution in [3.05, 3.63) is 82.3 Å². The Balaban J connectivity index is 1.46. The number of rotatable bonds is 7. The highest BCUT2D eigenvalue weighted by Gasteiger charge is 2.19. The standard InChI is InChI=1S/C23H20N6O3S/c1-14(2)20-25-24-18(31-20)13-33-23-27-26-21(32-23)19-16-10-6-7-11-17(16)22(30)29(28-19)12-15-8-4-3-5-9-15/h3-11,14H,12-13H2,1-2H3. The molecule has 0 aliphatic heterocycles. The summed E-state index contributed by atoms with van der Waals surface area (Å²) in [5.74, 6) is 1.89. The summed E-state index contributed by atoms with van der Waals surface area (Å²) >= 11 is 1.30. The van der Waals surface area contributed by atoms with Gasteiger partial charge in [0.15, 0.2) is 5.69 Å². The van der Waals surface area contributed by atoms with Crippen molar-refractivity contribution in [2.24, 2.45) is 0 Å². The molecular formula is C23H20N6O3S. The number of hydrogen-bond acceptors (Lipinski definition) is 9. The lowest BCUT2D eigenvalue weighted by Gasteiger charge is -2.09. The molecule has 3 heterocycles. The molecule has 0 spiro atoms. The van der Waals surface area contributed by atoms with Crippen LogP contribution >= 0.6 is 11.8 Å². The molecule has 0 saturated carbocycles. The minimum Gasteiger partial charge on any atom is -0.424 e. The molecule has 0 N–H and O–H groups in total. The van der Waals surface area contributed by atoms with Gasteiger partial charge < -0.3 is 8.83 Å². The summed E-state index contributed by atoms with van der Waals surface area (Å²) in [4.78, 5) is 13.0. The Kier molecular flexibility index (Phi) is 5.74. The highest BCUT2D eigenvalue weighted by molar-refractivity contribution is 7.98. The lowest BCUT2D eigenvalue weighted by Crippen LogP contribution is -2.24. The Bertz CT molecular complexity index is 1460. The van der Waals surface area contributed by atoms with Gasteiger partial charge in [-0.2, -0.15) is 5.10 Å². The van der Waals surface area contributed by atoms with Crippen LogP contribution in [-0.4, -0.2) is 30.2 Å². The summed E-state index contributed by atoms with van der Waals surface area (Å²) in [6.45, 7) is 4.31. The van der Waals surface area contributed by atoms with E-state index >= 15 is 0 Å². The second-order valence-corrected chi connectivity index (χ2v) is 8.62. The minimum atomic E-state index is -0.176. The van der Waals surface area contributed by atoms with E-state index in [2.05, 4.69) is 25.5 Å². The number of aromatic nitrogens is 6. The molecule has 0 saturated heterocycles. The second-order valence-electron chi connectivity index (χ2n) is 7.69. The molecule has 0 fully saturated rings. The van der Waals surface area contributed by atoms with Crippen LogP contribution in [0, 0.1) is 0 Å². The average Bonchev–Trinajstić information content (AvgIpc) is 3.50. The van der Waals surface area contributed by atoms with Gasteiger partial charge in [0.05, 0.1) is 17.7 Å². The third-order valence-electron chi connectivity index (χ3n) is 4.95. The molecule has 10 heteroatoms. The van der Waals surface area contributed by atoms with Crippen molar-refractivity contribution in [1.82, 2.24) is 30.2 Å². The van der Waals surface area contributed by atoms with E-state index in [1.165, 1.54) is 16.4 Å². The smallest absolute Gasteiger partial charge is 0.277 e. The number of benzene rings is 2. The molecule has 5 aromatic rings. The molecule has 0 unspecified atom stereocenters. The van der Waals surface area contributed by atoms with Crippen LogP contribution in [0.25, 0.3) is 22.4 Å². The second kappa shape index (κ2) is 8.99. The van der Waals surface area contributed by atoms with Gasteiger partial charge in [0, 0.05) is 11.3 Å². The van der Waals surface area contributed by atoms with Crippen LogP contribution in [0.3, 0.4) is 0 Å². The van der Waals surface area contributed by atoms with E-state index in [1.807, 2.05) is 62.4 Å². The van der Waals surface area contributed by atoms with Crippen molar-refractivity contribution in [1.29, 1.82) is 0 Å². The van der Waals surface area contributed by atoms with Crippen LogP contribution in [-0.2, 0) is 12.3 Å². The zero-order valence-electron chi connectivity index (χ0n) is 18.0. The van der Waals surface area contributed by atoms with E-state index in [4.69, 9.17) is 8.83 Å². The lowest BCUT2D eigenvalue weighted by molar-refractivity contribution is 0.442. The molecule has 5 rings (SSSR count). The molecule has 0 bridgehead atoms. The van der Waals surface area contributed by atoms with Crippen molar-refractivity contribution in [2.45, 2.75) is 37.3 Å². The lowest BCUT2D eigenvalue weighted by atomic mass is 10.1. The van der Waals surface area contributed by atoms with Gasteiger partial charge in [-0.15, -0.1) is 20.4 Å². The Hall–Kier alpha value is -3.79. The van der Waals surface area contributed by atoms with Gasteiger partial charge in [-0.05, 0) is 11.6 Å². The van der Waals surface area contributed by atoms with Crippen LogP contribution in [0.5, 0.6) is 0 Å². The Morgan fingerprint density at radius 2 is 1.67 bits per heavy atom. The van der Waals surface area contributed by atoms with Gasteiger partial charge in [0.25, 0.3) is 16.7 Å². The van der Waals surface area contributed by atoms with Crippen LogP contribution in [0.4, 0.5) is 0 Å². The third kappa shape index (κ3) is 4.42. The van der Waals surface area contributed by atoms with Gasteiger partial charge >= 0.3 is 0 Å². The van der Waals surface area contributed by atoms with Crippen molar-refractivity contribution in [3.63, 3.8) is 0 Å². The Labute approximate surface area is 192 Å². The van der Waals surface area contributed by atoms with E-state index < -0.39 is 0 Å². The van der Waals surface area contributed by atoms with Crippen molar-refractivity contribution >= 4 is 22.5 Å². The summed E-state index contributed by atoms with van der Waals surface area (Å²) in [7, 11) is 0. The van der Waals surface area contributed by atoms with Crippen molar-refractivity contribution in [2.75, 3.05) is 0 Å². The first-order valence-corrected chi connectivity index (χ1v) is 11.4. The normalized spacial score (nSPS) is 11.5. The number of fused-ring (bicyclic) bond motifs is 1. The maximum atomic E-state index is 13.0. The third-order valence-corrected chi connectivity index (χ3v) is 5.75. The van der Waals surface area contributed by atoms with Crippen molar-refractivity contribution < 1.29 is 8.83 Å². The van der Waals surface area contributed by atoms with E-state index in [-0.39, 0.29) is 17.4 Å². The number of thioether (sulfide) groups is 1. The van der Waals surface area contributed by atoms with Gasteiger partial charge in [-0.1, -0.05) is 74.1 Å². The largest absolute Gasteiger partial charge is 0.424 e. The molecule has 0 amide bonds. The maximum absolute atomic E-state index is 13.0. The van der Waals surface area contributed by atoms with Crippen LogP contribution in [0.15, 0.2) is 73.4 Å². The molecule has 0 aliphatic carbocycles. The van der Waals surface area contributed by atoms with Crippen molar-refractivity contribution in [3.8, 4) is 11.6 Å². The SMILES string of the molecule is CC(C)c1nnc(CSc2nnc(-c3nn(Cc4ccccc4)c(=O)c4ccccc34)o2)o1. The number of hydrogen-bond donors (Lipinski definition) is 0. The van der Waals surface area contributed by atoms with E-state index in [1.54, 1.807) is 6.07 Å². The molecule has 3 aromatic heterocycles. The molecular weight excluding hydrogens is 440 g/mol. The molecule has 166 valence electrons. The average molecular weight is 461 g/mol. The monoisotopic (exact) mass is 460 g/mol. The van der Waals surface area contributed by atoms with Gasteiger partial charge in [-0.25, -0.2) is 4.68 Å². The molecule has 0 aliphatic rings. The molecule has 0 atom stereocenters. The summed E-state index contributed by atoms with van der Waals surface area (Å²) in [5, 5.41) is 22.5. The number of nitrogens with zero attached hydrogens (tertiary/aromatic N) is 6. The molecule has 33 heavy (non-hydrogen) atoms. The van der Waals surface area contributed by atoms with E-state index in [0.717, 1.165) is 5.56 Å². The first-order chi connectivity index (χ1) is 16.1. The zero-order chi connectivity index (χ0) is 22.8. The molecule has 9 nitrogen and oxygen atoms in total. The highest BCUT2D eigenvalue weighted by Crippen LogP contribution is 2.28. The summed E-state index contributed by atoms with van der Waals surface area (Å²) < 4.78 is 12.9. The van der Waals surface area contributed by atoms with Gasteiger partial charge in [0.2, 0.25) is 11.8 Å². The fourth-order valence-corrected chi connectivity index (χ4v) is 3.90. The minimum absolute atomic E-state index is 0.164. The summed E-state index contributed by atoms with van der Waals surface area (Å²) in [6.07, 6.45) is 0. The highest BCUT2D eigenvalue weighted by atomic mass is 32.2. The Morgan fingerprint density at radius 3 is 2.42 bits per heavy atom. The van der Waals surface area contributed by atoms with Crippen LogP contribution in [0.2, 0.25) is 0 Å². The first kappa shape index (κ1) is 21.1. The van der Waals surface area contributed by atoms with E-state index in [9.17, 15) is 4.79 Å². The van der Waals surface area contributed by atoms with Gasteiger partial charge in [0.1, 0.15) is 0 Å². The van der Waals surface area contributed by atoms with Gasteiger partial charge in [-0.3, -0.25) is 4.79 Å². The topological polar surface area (TPSA) is 113 Å². The fraction of sp³-hybridized carbons (Fsp3) is 0.217. The van der Waals surface area contributed by atoms with E-state index in [0.29, 0.717) is 45.8 Å². The molecule has 0 radical (unpaired) electrons. The zero-order valence-corrected chi connectivity index (χ0v) is 18.8. The summed E-state index contributed by atoms with van der Waals surface area (Å²) in [5.41, 5.74) is 1.25.